The van der Waals surface area contributed by atoms with E-state index in [4.69, 9.17) is 5.73 Å². The molecule has 0 saturated heterocycles. The van der Waals surface area contributed by atoms with Crippen molar-refractivity contribution >= 4 is 0 Å². The van der Waals surface area contributed by atoms with E-state index in [-0.39, 0.29) is 0 Å². The van der Waals surface area contributed by atoms with E-state index in [0.717, 1.165) is 19.3 Å². The second-order valence-corrected chi connectivity index (χ2v) is 5.06. The predicted octanol–water partition coefficient (Wildman–Crippen LogP) is 2.84. The van der Waals surface area contributed by atoms with Crippen molar-refractivity contribution in [1.29, 1.82) is 0 Å². The van der Waals surface area contributed by atoms with Crippen molar-refractivity contribution in [2.75, 3.05) is 0 Å². The van der Waals surface area contributed by atoms with Crippen molar-refractivity contribution in [3.63, 3.8) is 0 Å². The first kappa shape index (κ1) is 11.6. The Balaban J connectivity index is 2.11. The number of nitrogens with two attached hydrogens (primary N) is 1. The van der Waals surface area contributed by atoms with Gasteiger partial charge in [0.05, 0.1) is 0 Å². The summed E-state index contributed by atoms with van der Waals surface area (Å²) in [6.45, 7) is 4.49. The van der Waals surface area contributed by atoms with Crippen molar-refractivity contribution in [2.45, 2.75) is 64.0 Å². The number of hydrogen-bond acceptors (Lipinski definition) is 2. The molecule has 3 nitrogen and oxygen atoms in total. The first-order chi connectivity index (χ1) is 7.72. The summed E-state index contributed by atoms with van der Waals surface area (Å²) in [4.78, 5) is 4.56. The van der Waals surface area contributed by atoms with Crippen LogP contribution in [0.25, 0.3) is 0 Å². The van der Waals surface area contributed by atoms with Gasteiger partial charge in [-0.3, -0.25) is 0 Å². The van der Waals surface area contributed by atoms with Gasteiger partial charge in [0.2, 0.25) is 0 Å². The fraction of sp³-hybridized carbons (Fsp3) is 0.769. The lowest BCUT2D eigenvalue weighted by molar-refractivity contribution is 0.366. The van der Waals surface area contributed by atoms with Crippen LogP contribution in [0, 0.1) is 0 Å². The molecule has 0 aliphatic heterocycles. The average Bonchev–Trinajstić information content (AvgIpc) is 2.78. The van der Waals surface area contributed by atoms with E-state index < -0.39 is 0 Å². The largest absolute Gasteiger partial charge is 0.332 e. The Morgan fingerprint density at radius 1 is 1.44 bits per heavy atom. The summed E-state index contributed by atoms with van der Waals surface area (Å²) in [6.07, 6.45) is 9.93. The zero-order chi connectivity index (χ0) is 11.5. The third-order valence-electron chi connectivity index (χ3n) is 3.90. The molecule has 0 spiro atoms. The summed E-state index contributed by atoms with van der Waals surface area (Å²) < 4.78 is 2.35. The Labute approximate surface area is 98.1 Å². The van der Waals surface area contributed by atoms with Crippen LogP contribution in [0.5, 0.6) is 0 Å². The van der Waals surface area contributed by atoms with Crippen LogP contribution in [0.3, 0.4) is 0 Å². The van der Waals surface area contributed by atoms with Gasteiger partial charge in [0.1, 0.15) is 5.82 Å². The van der Waals surface area contributed by atoms with E-state index in [2.05, 4.69) is 29.6 Å². The maximum absolute atomic E-state index is 5.95. The maximum atomic E-state index is 5.95. The highest BCUT2D eigenvalue weighted by Gasteiger charge is 2.24. The van der Waals surface area contributed by atoms with Crippen molar-refractivity contribution in [3.8, 4) is 0 Å². The van der Waals surface area contributed by atoms with Crippen molar-refractivity contribution in [1.82, 2.24) is 9.55 Å². The van der Waals surface area contributed by atoms with Crippen LogP contribution >= 0.6 is 0 Å². The topological polar surface area (TPSA) is 43.8 Å². The van der Waals surface area contributed by atoms with E-state index in [0.29, 0.717) is 18.0 Å². The van der Waals surface area contributed by atoms with Gasteiger partial charge in [-0.25, -0.2) is 4.98 Å². The van der Waals surface area contributed by atoms with E-state index in [1.54, 1.807) is 0 Å². The van der Waals surface area contributed by atoms with Crippen molar-refractivity contribution in [2.24, 2.45) is 5.73 Å². The van der Waals surface area contributed by atoms with Gasteiger partial charge in [-0.05, 0) is 39.0 Å². The molecule has 1 aliphatic rings. The number of nitrogens with zero attached hydrogens (tertiary/aromatic N) is 2. The van der Waals surface area contributed by atoms with Gasteiger partial charge in [-0.15, -0.1) is 0 Å². The van der Waals surface area contributed by atoms with E-state index >= 15 is 0 Å². The minimum atomic E-state index is 0.420. The molecule has 1 aliphatic carbocycles. The third-order valence-corrected chi connectivity index (χ3v) is 3.90. The SMILES string of the molecule is CC[C@H](C)n1ccnc1C1CCC(N)CC1. The quantitative estimate of drug-likeness (QED) is 0.853. The molecule has 16 heavy (non-hydrogen) atoms. The molecule has 3 heteroatoms. The van der Waals surface area contributed by atoms with Gasteiger partial charge in [0.25, 0.3) is 0 Å². The van der Waals surface area contributed by atoms with Gasteiger partial charge in [-0.1, -0.05) is 6.92 Å². The summed E-state index contributed by atoms with van der Waals surface area (Å²) in [5, 5.41) is 0. The van der Waals surface area contributed by atoms with Crippen LogP contribution < -0.4 is 5.73 Å². The first-order valence-electron chi connectivity index (χ1n) is 6.50. The second-order valence-electron chi connectivity index (χ2n) is 5.06. The summed E-state index contributed by atoms with van der Waals surface area (Å²) in [6, 6.07) is 0.983. The second kappa shape index (κ2) is 5.00. The summed E-state index contributed by atoms with van der Waals surface area (Å²) in [5.74, 6) is 1.91. The molecule has 1 aromatic rings. The number of imidazole rings is 1. The molecule has 1 aromatic heterocycles. The molecule has 90 valence electrons. The molecule has 1 atom stereocenters. The Morgan fingerprint density at radius 3 is 2.75 bits per heavy atom. The molecule has 2 N–H and O–H groups in total. The lowest BCUT2D eigenvalue weighted by Gasteiger charge is -2.27. The molecule has 1 saturated carbocycles. The summed E-state index contributed by atoms with van der Waals surface area (Å²) in [5.41, 5.74) is 5.95. The predicted molar refractivity (Wildman–Crippen MR) is 66.4 cm³/mol. The highest BCUT2D eigenvalue weighted by Crippen LogP contribution is 2.32. The lowest BCUT2D eigenvalue weighted by Crippen LogP contribution is -2.27. The molecule has 0 radical (unpaired) electrons. The standard InChI is InChI=1S/C13H23N3/c1-3-10(2)16-9-8-15-13(16)11-4-6-12(14)7-5-11/h8-12H,3-7,14H2,1-2H3/t10-,11?,12?/m0/s1. The number of hydrogen-bond donors (Lipinski definition) is 1. The average molecular weight is 221 g/mol. The van der Waals surface area contributed by atoms with E-state index in [1.165, 1.54) is 18.7 Å². The van der Waals surface area contributed by atoms with Crippen LogP contribution in [0.15, 0.2) is 12.4 Å². The lowest BCUT2D eigenvalue weighted by atomic mass is 9.86. The first-order valence-corrected chi connectivity index (χ1v) is 6.50. The molecule has 0 amide bonds. The number of aromatic nitrogens is 2. The molecule has 0 bridgehead atoms. The molecule has 0 aromatic carbocycles. The summed E-state index contributed by atoms with van der Waals surface area (Å²) in [7, 11) is 0. The molecule has 1 heterocycles. The zero-order valence-electron chi connectivity index (χ0n) is 10.4. The minimum absolute atomic E-state index is 0.420. The fourth-order valence-electron chi connectivity index (χ4n) is 2.59. The van der Waals surface area contributed by atoms with Gasteiger partial charge in [0, 0.05) is 30.4 Å². The molecule has 0 unspecified atom stereocenters. The van der Waals surface area contributed by atoms with Crippen LogP contribution in [0.4, 0.5) is 0 Å². The van der Waals surface area contributed by atoms with E-state index in [9.17, 15) is 0 Å². The fourth-order valence-corrected chi connectivity index (χ4v) is 2.59. The minimum Gasteiger partial charge on any atom is -0.332 e. The Bertz CT molecular complexity index is 324. The molecule has 2 rings (SSSR count). The van der Waals surface area contributed by atoms with Crippen molar-refractivity contribution < 1.29 is 0 Å². The van der Waals surface area contributed by atoms with Crippen LogP contribution in [-0.2, 0) is 0 Å². The normalized spacial score (nSPS) is 27.9. The third kappa shape index (κ3) is 2.29. The molecular weight excluding hydrogens is 198 g/mol. The molecular formula is C13H23N3. The van der Waals surface area contributed by atoms with E-state index in [1.807, 2.05) is 6.20 Å². The highest BCUT2D eigenvalue weighted by molar-refractivity contribution is 5.04. The van der Waals surface area contributed by atoms with Gasteiger partial charge in [0.15, 0.2) is 0 Å². The number of rotatable bonds is 3. The Morgan fingerprint density at radius 2 is 2.12 bits per heavy atom. The van der Waals surface area contributed by atoms with Gasteiger partial charge >= 0.3 is 0 Å². The smallest absolute Gasteiger partial charge is 0.112 e. The Kier molecular flexibility index (Phi) is 3.64. The zero-order valence-corrected chi connectivity index (χ0v) is 10.4. The van der Waals surface area contributed by atoms with Crippen LogP contribution in [-0.4, -0.2) is 15.6 Å². The maximum Gasteiger partial charge on any atom is 0.112 e. The summed E-state index contributed by atoms with van der Waals surface area (Å²) >= 11 is 0. The monoisotopic (exact) mass is 221 g/mol. The van der Waals surface area contributed by atoms with Gasteiger partial charge < -0.3 is 10.3 Å². The van der Waals surface area contributed by atoms with Gasteiger partial charge in [-0.2, -0.15) is 0 Å². The van der Waals surface area contributed by atoms with Crippen LogP contribution in [0.2, 0.25) is 0 Å². The highest BCUT2D eigenvalue weighted by atomic mass is 15.1. The Hall–Kier alpha value is -0.830. The van der Waals surface area contributed by atoms with Crippen molar-refractivity contribution in [3.05, 3.63) is 18.2 Å². The molecule has 1 fully saturated rings. The van der Waals surface area contributed by atoms with Crippen LogP contribution in [0.1, 0.15) is 63.7 Å².